The van der Waals surface area contributed by atoms with E-state index in [0.717, 1.165) is 0 Å². The number of alkyl halides is 1. The number of benzene rings is 1. The van der Waals surface area contributed by atoms with Crippen LogP contribution in [0.1, 0.15) is 11.7 Å². The standard InChI is InChI=1S/C10H14BrNO3/c1-15-9-3-2-6(12)4-7(9)10(14)8(13)5-11/h2-4,8,10,13-14H,5,12H2,1H3. The van der Waals surface area contributed by atoms with Gasteiger partial charge in [-0.25, -0.2) is 0 Å². The van der Waals surface area contributed by atoms with E-state index in [1.807, 2.05) is 0 Å². The minimum Gasteiger partial charge on any atom is -0.496 e. The summed E-state index contributed by atoms with van der Waals surface area (Å²) in [5, 5.41) is 19.6. The van der Waals surface area contributed by atoms with Crippen LogP contribution in [0.25, 0.3) is 0 Å². The van der Waals surface area contributed by atoms with Gasteiger partial charge in [0.1, 0.15) is 11.9 Å². The van der Waals surface area contributed by atoms with E-state index >= 15 is 0 Å². The number of aliphatic hydroxyl groups excluding tert-OH is 2. The van der Waals surface area contributed by atoms with Gasteiger partial charge in [-0.15, -0.1) is 0 Å². The highest BCUT2D eigenvalue weighted by molar-refractivity contribution is 9.09. The average molecular weight is 276 g/mol. The number of hydrogen-bond acceptors (Lipinski definition) is 4. The molecule has 0 bridgehead atoms. The van der Waals surface area contributed by atoms with Gasteiger partial charge in [0.05, 0.1) is 13.2 Å². The smallest absolute Gasteiger partial charge is 0.124 e. The van der Waals surface area contributed by atoms with Crippen molar-refractivity contribution in [1.29, 1.82) is 0 Å². The van der Waals surface area contributed by atoms with E-state index in [4.69, 9.17) is 10.5 Å². The van der Waals surface area contributed by atoms with Crippen LogP contribution in [-0.4, -0.2) is 28.8 Å². The lowest BCUT2D eigenvalue weighted by molar-refractivity contribution is 0.0328. The topological polar surface area (TPSA) is 75.7 Å². The summed E-state index contributed by atoms with van der Waals surface area (Å²) in [4.78, 5) is 0. The molecule has 84 valence electrons. The lowest BCUT2D eigenvalue weighted by atomic mass is 10.0. The highest BCUT2D eigenvalue weighted by atomic mass is 79.9. The fourth-order valence-corrected chi connectivity index (χ4v) is 1.63. The van der Waals surface area contributed by atoms with Crippen LogP contribution in [0.15, 0.2) is 18.2 Å². The maximum Gasteiger partial charge on any atom is 0.124 e. The number of anilines is 1. The second-order valence-corrected chi connectivity index (χ2v) is 3.82. The van der Waals surface area contributed by atoms with E-state index in [0.29, 0.717) is 17.0 Å². The summed E-state index contributed by atoms with van der Waals surface area (Å²) in [5.74, 6) is 0.511. The second-order valence-electron chi connectivity index (χ2n) is 3.17. The van der Waals surface area contributed by atoms with Crippen LogP contribution < -0.4 is 10.5 Å². The largest absolute Gasteiger partial charge is 0.496 e. The third-order valence-corrected chi connectivity index (χ3v) is 2.76. The first-order valence-corrected chi connectivity index (χ1v) is 5.57. The van der Waals surface area contributed by atoms with E-state index in [1.54, 1.807) is 18.2 Å². The molecule has 1 rings (SSSR count). The molecule has 2 unspecified atom stereocenters. The van der Waals surface area contributed by atoms with Gasteiger partial charge in [-0.2, -0.15) is 0 Å². The van der Waals surface area contributed by atoms with Crippen molar-refractivity contribution >= 4 is 21.6 Å². The number of nitrogens with two attached hydrogens (primary N) is 1. The third-order valence-electron chi connectivity index (χ3n) is 2.09. The van der Waals surface area contributed by atoms with Gasteiger partial charge in [0.15, 0.2) is 0 Å². The minimum absolute atomic E-state index is 0.284. The van der Waals surface area contributed by atoms with Gasteiger partial charge in [0.25, 0.3) is 0 Å². The number of nitrogen functional groups attached to an aromatic ring is 1. The molecule has 0 fully saturated rings. The van der Waals surface area contributed by atoms with Gasteiger partial charge in [-0.1, -0.05) is 15.9 Å². The van der Waals surface area contributed by atoms with Crippen molar-refractivity contribution in [2.45, 2.75) is 12.2 Å². The van der Waals surface area contributed by atoms with Gasteiger partial charge in [-0.3, -0.25) is 0 Å². The Bertz CT molecular complexity index is 332. The number of hydrogen-bond donors (Lipinski definition) is 3. The van der Waals surface area contributed by atoms with Gasteiger partial charge < -0.3 is 20.7 Å². The molecule has 0 radical (unpaired) electrons. The first-order chi connectivity index (χ1) is 7.10. The number of rotatable bonds is 4. The summed E-state index contributed by atoms with van der Waals surface area (Å²) in [7, 11) is 1.50. The van der Waals surface area contributed by atoms with Crippen LogP contribution in [0.4, 0.5) is 5.69 Å². The molecule has 15 heavy (non-hydrogen) atoms. The van der Waals surface area contributed by atoms with Crippen molar-refractivity contribution in [1.82, 2.24) is 0 Å². The van der Waals surface area contributed by atoms with Crippen molar-refractivity contribution in [3.05, 3.63) is 23.8 Å². The monoisotopic (exact) mass is 275 g/mol. The molecular formula is C10H14BrNO3. The quantitative estimate of drug-likeness (QED) is 0.568. The predicted octanol–water partition coefficient (Wildman–Crippen LogP) is 1.07. The Balaban J connectivity index is 3.05. The molecule has 0 aliphatic carbocycles. The molecule has 4 nitrogen and oxygen atoms in total. The molecule has 1 aromatic carbocycles. The van der Waals surface area contributed by atoms with E-state index in [2.05, 4.69) is 15.9 Å². The first-order valence-electron chi connectivity index (χ1n) is 4.45. The zero-order valence-electron chi connectivity index (χ0n) is 8.35. The lowest BCUT2D eigenvalue weighted by Crippen LogP contribution is -2.20. The van der Waals surface area contributed by atoms with Crippen molar-refractivity contribution in [2.24, 2.45) is 0 Å². The number of halogens is 1. The zero-order valence-corrected chi connectivity index (χ0v) is 9.94. The van der Waals surface area contributed by atoms with Gasteiger partial charge in [0.2, 0.25) is 0 Å². The molecule has 1 aromatic rings. The van der Waals surface area contributed by atoms with E-state index < -0.39 is 12.2 Å². The molecule has 5 heteroatoms. The Morgan fingerprint density at radius 2 is 2.13 bits per heavy atom. The molecule has 0 saturated carbocycles. The summed E-state index contributed by atoms with van der Waals surface area (Å²) < 4.78 is 5.07. The number of aliphatic hydroxyl groups is 2. The fraction of sp³-hybridized carbons (Fsp3) is 0.400. The van der Waals surface area contributed by atoms with E-state index in [9.17, 15) is 10.2 Å². The fourth-order valence-electron chi connectivity index (χ4n) is 1.28. The Morgan fingerprint density at radius 1 is 1.47 bits per heavy atom. The van der Waals surface area contributed by atoms with Gasteiger partial charge in [-0.05, 0) is 18.2 Å². The summed E-state index contributed by atoms with van der Waals surface area (Å²) >= 11 is 3.10. The lowest BCUT2D eigenvalue weighted by Gasteiger charge is -2.18. The van der Waals surface area contributed by atoms with Crippen molar-refractivity contribution < 1.29 is 14.9 Å². The third kappa shape index (κ3) is 2.84. The summed E-state index contributed by atoms with van der Waals surface area (Å²) in [6.07, 6.45) is -1.90. The molecule has 0 spiro atoms. The van der Waals surface area contributed by atoms with Gasteiger partial charge >= 0.3 is 0 Å². The molecule has 0 amide bonds. The van der Waals surface area contributed by atoms with Crippen LogP contribution in [0.5, 0.6) is 5.75 Å². The maximum atomic E-state index is 9.81. The van der Waals surface area contributed by atoms with Crippen LogP contribution in [0, 0.1) is 0 Å². The molecule has 2 atom stereocenters. The number of ether oxygens (including phenoxy) is 1. The van der Waals surface area contributed by atoms with Crippen LogP contribution in [-0.2, 0) is 0 Å². The van der Waals surface area contributed by atoms with E-state index in [1.165, 1.54) is 7.11 Å². The van der Waals surface area contributed by atoms with Crippen LogP contribution >= 0.6 is 15.9 Å². The summed E-state index contributed by atoms with van der Waals surface area (Å²) in [6, 6.07) is 4.93. The minimum atomic E-state index is -1.01. The first kappa shape index (κ1) is 12.3. The summed E-state index contributed by atoms with van der Waals surface area (Å²) in [5.41, 5.74) is 6.61. The van der Waals surface area contributed by atoms with Crippen molar-refractivity contribution in [3.8, 4) is 5.75 Å². The zero-order chi connectivity index (χ0) is 11.4. The average Bonchev–Trinajstić information content (AvgIpc) is 2.27. The van der Waals surface area contributed by atoms with Crippen LogP contribution in [0.2, 0.25) is 0 Å². The highest BCUT2D eigenvalue weighted by Crippen LogP contribution is 2.29. The van der Waals surface area contributed by atoms with Crippen molar-refractivity contribution in [2.75, 3.05) is 18.2 Å². The Labute approximate surface area is 96.8 Å². The molecule has 0 aliphatic rings. The predicted molar refractivity (Wildman–Crippen MR) is 62.2 cm³/mol. The molecular weight excluding hydrogens is 262 g/mol. The second kappa shape index (κ2) is 5.34. The molecule has 0 aromatic heterocycles. The normalized spacial score (nSPS) is 14.7. The SMILES string of the molecule is COc1ccc(N)cc1C(O)C(O)CBr. The van der Waals surface area contributed by atoms with Crippen molar-refractivity contribution in [3.63, 3.8) is 0 Å². The maximum absolute atomic E-state index is 9.81. The highest BCUT2D eigenvalue weighted by Gasteiger charge is 2.20. The Kier molecular flexibility index (Phi) is 4.38. The molecule has 0 saturated heterocycles. The van der Waals surface area contributed by atoms with Gasteiger partial charge in [0, 0.05) is 16.6 Å². The number of methoxy groups -OCH3 is 1. The summed E-state index contributed by atoms with van der Waals surface area (Å²) in [6.45, 7) is 0. The Morgan fingerprint density at radius 3 is 2.67 bits per heavy atom. The molecule has 4 N–H and O–H groups in total. The van der Waals surface area contributed by atoms with E-state index in [-0.39, 0.29) is 5.33 Å². The molecule has 0 aliphatic heterocycles. The molecule has 0 heterocycles. The van der Waals surface area contributed by atoms with Crippen LogP contribution in [0.3, 0.4) is 0 Å². The Hall–Kier alpha value is -0.780.